The van der Waals surface area contributed by atoms with Crippen molar-refractivity contribution in [2.75, 3.05) is 33.4 Å². The molecule has 1 saturated heterocycles. The van der Waals surface area contributed by atoms with Crippen LogP contribution in [0.3, 0.4) is 0 Å². The molecule has 0 spiro atoms. The normalized spacial score (nSPS) is 16.0. The van der Waals surface area contributed by atoms with Gasteiger partial charge in [-0.1, -0.05) is 31.1 Å². The number of aliphatic imine (C=N–C) groups is 1. The van der Waals surface area contributed by atoms with Gasteiger partial charge in [-0.15, -0.1) is 24.0 Å². The number of benzene rings is 1. The summed E-state index contributed by atoms with van der Waals surface area (Å²) >= 11 is 0. The highest BCUT2D eigenvalue weighted by Gasteiger charge is 2.34. The molecular formula is C23H35IN4O3. The average Bonchev–Trinajstić information content (AvgIpc) is 3.25. The molecule has 1 aliphatic rings. The highest BCUT2D eigenvalue weighted by molar-refractivity contribution is 14.0. The molecule has 2 N–H and O–H groups in total. The lowest BCUT2D eigenvalue weighted by Crippen LogP contribution is -2.47. The lowest BCUT2D eigenvalue weighted by molar-refractivity contribution is 0.0513. The maximum atomic E-state index is 5.65. The highest BCUT2D eigenvalue weighted by atomic mass is 127. The molecule has 172 valence electrons. The molecule has 2 heterocycles. The van der Waals surface area contributed by atoms with Gasteiger partial charge in [0.15, 0.2) is 11.7 Å². The van der Waals surface area contributed by atoms with Crippen LogP contribution in [-0.2, 0) is 16.7 Å². The number of nitrogens with one attached hydrogen (secondary N) is 2. The number of rotatable bonds is 8. The summed E-state index contributed by atoms with van der Waals surface area (Å²) in [6.45, 7) is 9.71. The van der Waals surface area contributed by atoms with Gasteiger partial charge >= 0.3 is 0 Å². The summed E-state index contributed by atoms with van der Waals surface area (Å²) < 4.78 is 16.7. The smallest absolute Gasteiger partial charge is 0.191 e. The van der Waals surface area contributed by atoms with Crippen LogP contribution in [0.15, 0.2) is 39.8 Å². The van der Waals surface area contributed by atoms with E-state index in [-0.39, 0.29) is 29.4 Å². The van der Waals surface area contributed by atoms with Gasteiger partial charge in [0.1, 0.15) is 5.75 Å². The van der Waals surface area contributed by atoms with Gasteiger partial charge < -0.3 is 24.6 Å². The topological polar surface area (TPSA) is 80.9 Å². The Balaban J connectivity index is 0.00000341. The Kier molecular flexibility index (Phi) is 10.1. The summed E-state index contributed by atoms with van der Waals surface area (Å²) in [5.41, 5.74) is 2.26. The van der Waals surface area contributed by atoms with E-state index in [0.717, 1.165) is 55.8 Å². The maximum Gasteiger partial charge on any atom is 0.191 e. The largest absolute Gasteiger partial charge is 0.494 e. The molecule has 0 aliphatic carbocycles. The van der Waals surface area contributed by atoms with Crippen LogP contribution in [0.25, 0.3) is 0 Å². The van der Waals surface area contributed by atoms with E-state index in [9.17, 15) is 0 Å². The van der Waals surface area contributed by atoms with Gasteiger partial charge in [0, 0.05) is 38.3 Å². The minimum absolute atomic E-state index is 0. The van der Waals surface area contributed by atoms with Gasteiger partial charge in [-0.05, 0) is 43.4 Å². The average molecular weight is 542 g/mol. The van der Waals surface area contributed by atoms with Crippen LogP contribution in [0, 0.1) is 0 Å². The van der Waals surface area contributed by atoms with Gasteiger partial charge in [0.2, 0.25) is 0 Å². The second kappa shape index (κ2) is 12.3. The molecule has 0 atom stereocenters. The van der Waals surface area contributed by atoms with Crippen LogP contribution in [0.2, 0.25) is 0 Å². The number of aromatic nitrogens is 1. The SMILES string of the molecule is CCOc1ccc(C2(CNC(=NC)NCc3cc(C(C)C)no3)CCOCC2)cc1.I. The zero-order valence-electron chi connectivity index (χ0n) is 18.9. The van der Waals surface area contributed by atoms with Crippen molar-refractivity contribution in [1.82, 2.24) is 15.8 Å². The first-order chi connectivity index (χ1) is 14.6. The molecule has 0 bridgehead atoms. The number of hydrogen-bond acceptors (Lipinski definition) is 5. The fourth-order valence-corrected chi connectivity index (χ4v) is 3.73. The van der Waals surface area contributed by atoms with Crippen molar-refractivity contribution < 1.29 is 14.0 Å². The number of ether oxygens (including phenoxy) is 2. The predicted octanol–water partition coefficient (Wildman–Crippen LogP) is 4.23. The van der Waals surface area contributed by atoms with Gasteiger partial charge in [-0.25, -0.2) is 0 Å². The van der Waals surface area contributed by atoms with Crippen molar-refractivity contribution in [1.29, 1.82) is 0 Å². The molecular weight excluding hydrogens is 507 g/mol. The third kappa shape index (κ3) is 6.83. The molecule has 0 amide bonds. The van der Waals surface area contributed by atoms with Crippen molar-refractivity contribution >= 4 is 29.9 Å². The Morgan fingerprint density at radius 1 is 1.19 bits per heavy atom. The molecule has 31 heavy (non-hydrogen) atoms. The number of nitrogens with zero attached hydrogens (tertiary/aromatic N) is 2. The monoisotopic (exact) mass is 542 g/mol. The van der Waals surface area contributed by atoms with Crippen molar-refractivity contribution in [2.24, 2.45) is 4.99 Å². The second-order valence-electron chi connectivity index (χ2n) is 8.00. The van der Waals surface area contributed by atoms with E-state index in [1.165, 1.54) is 5.56 Å². The summed E-state index contributed by atoms with van der Waals surface area (Å²) in [4.78, 5) is 4.37. The summed E-state index contributed by atoms with van der Waals surface area (Å²) in [6.07, 6.45) is 1.93. The molecule has 1 fully saturated rings. The van der Waals surface area contributed by atoms with E-state index >= 15 is 0 Å². The fourth-order valence-electron chi connectivity index (χ4n) is 3.73. The van der Waals surface area contributed by atoms with Gasteiger partial charge in [-0.2, -0.15) is 0 Å². The van der Waals surface area contributed by atoms with Crippen molar-refractivity contribution in [3.8, 4) is 5.75 Å². The summed E-state index contributed by atoms with van der Waals surface area (Å²) in [7, 11) is 1.78. The third-order valence-electron chi connectivity index (χ3n) is 5.64. The lowest BCUT2D eigenvalue weighted by atomic mass is 9.74. The quantitative estimate of drug-likeness (QED) is 0.295. The minimum Gasteiger partial charge on any atom is -0.494 e. The van der Waals surface area contributed by atoms with E-state index in [1.54, 1.807) is 7.05 Å². The minimum atomic E-state index is -0.00232. The number of hydrogen-bond donors (Lipinski definition) is 2. The standard InChI is InChI=1S/C23H34N4O3.HI/c1-5-29-19-8-6-18(7-9-19)23(10-12-28-13-11-23)16-26-22(24-4)25-15-20-14-21(17(2)3)27-30-20;/h6-9,14,17H,5,10-13,15-16H2,1-4H3,(H2,24,25,26);1H. The van der Waals surface area contributed by atoms with Crippen molar-refractivity contribution in [3.63, 3.8) is 0 Å². The zero-order chi connectivity index (χ0) is 21.4. The Hall–Kier alpha value is -1.81. The van der Waals surface area contributed by atoms with Crippen LogP contribution in [0.5, 0.6) is 5.75 Å². The zero-order valence-corrected chi connectivity index (χ0v) is 21.3. The molecule has 0 radical (unpaired) electrons. The first-order valence-corrected chi connectivity index (χ1v) is 10.8. The van der Waals surface area contributed by atoms with Crippen molar-refractivity contribution in [2.45, 2.75) is 51.5 Å². The molecule has 8 heteroatoms. The lowest BCUT2D eigenvalue weighted by Gasteiger charge is -2.38. The number of guanidine groups is 1. The molecule has 7 nitrogen and oxygen atoms in total. The summed E-state index contributed by atoms with van der Waals surface area (Å²) in [5, 5.41) is 10.9. The Bertz CT molecular complexity index is 814. The predicted molar refractivity (Wildman–Crippen MR) is 134 cm³/mol. The van der Waals surface area contributed by atoms with E-state index in [0.29, 0.717) is 19.1 Å². The molecule has 1 aromatic carbocycles. The van der Waals surface area contributed by atoms with E-state index < -0.39 is 0 Å². The highest BCUT2D eigenvalue weighted by Crippen LogP contribution is 2.35. The second-order valence-corrected chi connectivity index (χ2v) is 8.00. The molecule has 1 aromatic heterocycles. The van der Waals surface area contributed by atoms with Crippen molar-refractivity contribution in [3.05, 3.63) is 47.3 Å². The first kappa shape index (κ1) is 25.5. The Morgan fingerprint density at radius 2 is 1.90 bits per heavy atom. The Morgan fingerprint density at radius 3 is 2.48 bits per heavy atom. The maximum absolute atomic E-state index is 5.65. The van der Waals surface area contributed by atoms with Gasteiger partial charge in [-0.3, -0.25) is 4.99 Å². The van der Waals surface area contributed by atoms with Gasteiger partial charge in [0.05, 0.1) is 18.8 Å². The van der Waals surface area contributed by atoms with Crippen LogP contribution in [0.1, 0.15) is 56.5 Å². The van der Waals surface area contributed by atoms with E-state index in [4.69, 9.17) is 14.0 Å². The van der Waals surface area contributed by atoms with Crippen LogP contribution >= 0.6 is 24.0 Å². The molecule has 1 aliphatic heterocycles. The fraction of sp³-hybridized carbons (Fsp3) is 0.565. The van der Waals surface area contributed by atoms with E-state index in [1.807, 2.05) is 13.0 Å². The first-order valence-electron chi connectivity index (χ1n) is 10.8. The van der Waals surface area contributed by atoms with Crippen LogP contribution < -0.4 is 15.4 Å². The number of halogens is 1. The summed E-state index contributed by atoms with van der Waals surface area (Å²) in [5.74, 6) is 2.80. The van der Waals surface area contributed by atoms with E-state index in [2.05, 4.69) is 58.9 Å². The van der Waals surface area contributed by atoms with Crippen LogP contribution in [-0.4, -0.2) is 44.5 Å². The Labute approximate surface area is 202 Å². The molecule has 2 aromatic rings. The van der Waals surface area contributed by atoms with Gasteiger partial charge in [0.25, 0.3) is 0 Å². The third-order valence-corrected chi connectivity index (χ3v) is 5.64. The molecule has 0 unspecified atom stereocenters. The summed E-state index contributed by atoms with van der Waals surface area (Å²) in [6, 6.07) is 10.5. The van der Waals surface area contributed by atoms with Crippen LogP contribution in [0.4, 0.5) is 0 Å². The molecule has 3 rings (SSSR count). The molecule has 0 saturated carbocycles.